The predicted octanol–water partition coefficient (Wildman–Crippen LogP) is 3.88. The Hall–Kier alpha value is -3.72. The number of rotatable bonds is 7. The second kappa shape index (κ2) is 10.5. The van der Waals surface area contributed by atoms with Crippen LogP contribution in [0.15, 0.2) is 66.9 Å². The highest BCUT2D eigenvalue weighted by Gasteiger charge is 2.33. The third-order valence-electron chi connectivity index (χ3n) is 5.80. The molecule has 0 unspecified atom stereocenters. The number of halogens is 2. The summed E-state index contributed by atoms with van der Waals surface area (Å²) in [5, 5.41) is 2.64. The van der Waals surface area contributed by atoms with Crippen molar-refractivity contribution in [2.24, 2.45) is 0 Å². The van der Waals surface area contributed by atoms with Crippen molar-refractivity contribution in [1.82, 2.24) is 14.4 Å². The molecule has 34 heavy (non-hydrogen) atoms. The number of hydrogen-bond donors (Lipinski definition) is 1. The van der Waals surface area contributed by atoms with Crippen molar-refractivity contribution in [3.63, 3.8) is 0 Å². The first kappa shape index (κ1) is 23.4. The number of nitrogens with one attached hydrogen (secondary N) is 1. The SMILES string of the molecule is COCCN(CC(=O)N1CCn2cccc2[C@H]1c1ccc(F)cc1)C(=O)Nc1cccc(F)c1. The van der Waals surface area contributed by atoms with E-state index >= 15 is 0 Å². The maximum Gasteiger partial charge on any atom is 0.322 e. The van der Waals surface area contributed by atoms with Crippen molar-refractivity contribution < 1.29 is 23.1 Å². The van der Waals surface area contributed by atoms with Gasteiger partial charge in [-0.2, -0.15) is 0 Å². The van der Waals surface area contributed by atoms with E-state index in [1.807, 2.05) is 18.3 Å². The molecule has 1 aromatic heterocycles. The standard InChI is InChI=1S/C25H26F2N4O3/c1-34-15-14-30(25(33)28-21-5-2-4-20(27)16-21)17-23(32)31-13-12-29-11-3-6-22(29)24(31)18-7-9-19(26)10-8-18/h2-11,16,24H,12-15,17H2,1H3,(H,28,33)/t24-/m1/s1. The smallest absolute Gasteiger partial charge is 0.322 e. The summed E-state index contributed by atoms with van der Waals surface area (Å²) in [5.41, 5.74) is 1.99. The fourth-order valence-corrected chi connectivity index (χ4v) is 4.12. The number of fused-ring (bicyclic) bond motifs is 1. The molecule has 1 aliphatic rings. The number of carbonyl (C=O) groups is 2. The Bertz CT molecular complexity index is 1150. The lowest BCUT2D eigenvalue weighted by Gasteiger charge is -2.38. The molecule has 0 saturated carbocycles. The summed E-state index contributed by atoms with van der Waals surface area (Å²) in [6, 6.07) is 14.5. The lowest BCUT2D eigenvalue weighted by molar-refractivity contribution is -0.134. The number of amides is 3. The van der Waals surface area contributed by atoms with Gasteiger partial charge in [0.1, 0.15) is 18.2 Å². The van der Waals surface area contributed by atoms with Gasteiger partial charge in [0, 0.05) is 44.3 Å². The summed E-state index contributed by atoms with van der Waals surface area (Å²) in [6.07, 6.45) is 1.95. The highest BCUT2D eigenvalue weighted by Crippen LogP contribution is 2.32. The van der Waals surface area contributed by atoms with Crippen LogP contribution in [-0.4, -0.2) is 59.7 Å². The van der Waals surface area contributed by atoms with Crippen molar-refractivity contribution in [3.05, 3.63) is 89.8 Å². The first-order chi connectivity index (χ1) is 16.5. The van der Waals surface area contributed by atoms with E-state index in [-0.39, 0.29) is 31.4 Å². The van der Waals surface area contributed by atoms with Crippen LogP contribution in [0.25, 0.3) is 0 Å². The number of hydrogen-bond acceptors (Lipinski definition) is 3. The maximum atomic E-state index is 13.6. The molecule has 0 aliphatic carbocycles. The summed E-state index contributed by atoms with van der Waals surface area (Å²) in [5.74, 6) is -1.09. The molecular formula is C25H26F2N4O3. The van der Waals surface area contributed by atoms with Gasteiger partial charge in [-0.1, -0.05) is 18.2 Å². The third kappa shape index (κ3) is 5.26. The summed E-state index contributed by atoms with van der Waals surface area (Å²) in [7, 11) is 1.51. The van der Waals surface area contributed by atoms with Gasteiger partial charge in [-0.25, -0.2) is 13.6 Å². The van der Waals surface area contributed by atoms with Crippen molar-refractivity contribution in [2.75, 3.05) is 38.7 Å². The highest BCUT2D eigenvalue weighted by atomic mass is 19.1. The number of benzene rings is 2. The molecule has 0 radical (unpaired) electrons. The zero-order valence-electron chi connectivity index (χ0n) is 18.8. The van der Waals surface area contributed by atoms with Crippen LogP contribution in [0.5, 0.6) is 0 Å². The average molecular weight is 469 g/mol. The lowest BCUT2D eigenvalue weighted by Crippen LogP contribution is -2.49. The molecule has 3 amide bonds. The van der Waals surface area contributed by atoms with Crippen LogP contribution in [0.4, 0.5) is 19.3 Å². The van der Waals surface area contributed by atoms with E-state index in [0.29, 0.717) is 18.8 Å². The predicted molar refractivity (Wildman–Crippen MR) is 123 cm³/mol. The van der Waals surface area contributed by atoms with Crippen LogP contribution in [-0.2, 0) is 16.1 Å². The molecule has 0 bridgehead atoms. The number of carbonyl (C=O) groups excluding carboxylic acids is 2. The van der Waals surface area contributed by atoms with Crippen LogP contribution in [0, 0.1) is 11.6 Å². The first-order valence-corrected chi connectivity index (χ1v) is 11.0. The zero-order valence-corrected chi connectivity index (χ0v) is 18.8. The van der Waals surface area contributed by atoms with Gasteiger partial charge in [0.15, 0.2) is 0 Å². The molecular weight excluding hydrogens is 442 g/mol. The number of anilines is 1. The summed E-state index contributed by atoms with van der Waals surface area (Å²) in [6.45, 7) is 1.26. The van der Waals surface area contributed by atoms with Crippen molar-refractivity contribution >= 4 is 17.6 Å². The molecule has 3 aromatic rings. The number of urea groups is 1. The van der Waals surface area contributed by atoms with Gasteiger partial charge in [-0.15, -0.1) is 0 Å². The number of nitrogens with zero attached hydrogens (tertiary/aromatic N) is 3. The molecule has 1 N–H and O–H groups in total. The number of aromatic nitrogens is 1. The molecule has 7 nitrogen and oxygen atoms in total. The molecule has 178 valence electrons. The summed E-state index contributed by atoms with van der Waals surface area (Å²) >= 11 is 0. The fraction of sp³-hybridized carbons (Fsp3) is 0.280. The van der Waals surface area contributed by atoms with E-state index in [0.717, 1.165) is 11.3 Å². The minimum absolute atomic E-state index is 0.175. The van der Waals surface area contributed by atoms with Crippen LogP contribution in [0.3, 0.4) is 0 Å². The average Bonchev–Trinajstić information content (AvgIpc) is 3.30. The van der Waals surface area contributed by atoms with E-state index in [1.54, 1.807) is 23.1 Å². The van der Waals surface area contributed by atoms with Crippen LogP contribution in [0.2, 0.25) is 0 Å². The van der Waals surface area contributed by atoms with Gasteiger partial charge in [0.05, 0.1) is 12.6 Å². The van der Waals surface area contributed by atoms with Crippen LogP contribution in [0.1, 0.15) is 17.3 Å². The largest absolute Gasteiger partial charge is 0.383 e. The van der Waals surface area contributed by atoms with Crippen LogP contribution >= 0.6 is 0 Å². The summed E-state index contributed by atoms with van der Waals surface area (Å²) < 4.78 is 34.3. The topological polar surface area (TPSA) is 66.8 Å². The molecule has 2 heterocycles. The van der Waals surface area contributed by atoms with Gasteiger partial charge in [0.25, 0.3) is 0 Å². The van der Waals surface area contributed by atoms with Gasteiger partial charge in [0.2, 0.25) is 5.91 Å². The van der Waals surface area contributed by atoms with Gasteiger partial charge in [-0.3, -0.25) is 4.79 Å². The molecule has 0 fully saturated rings. The Morgan fingerprint density at radius 2 is 1.85 bits per heavy atom. The van der Waals surface area contributed by atoms with Crippen molar-refractivity contribution in [3.8, 4) is 0 Å². The third-order valence-corrected chi connectivity index (χ3v) is 5.80. The zero-order chi connectivity index (χ0) is 24.1. The van der Waals surface area contributed by atoms with E-state index in [1.165, 1.54) is 42.3 Å². The van der Waals surface area contributed by atoms with Crippen LogP contribution < -0.4 is 5.32 Å². The fourth-order valence-electron chi connectivity index (χ4n) is 4.12. The van der Waals surface area contributed by atoms with Crippen molar-refractivity contribution in [2.45, 2.75) is 12.6 Å². The maximum absolute atomic E-state index is 13.6. The lowest BCUT2D eigenvalue weighted by atomic mass is 9.99. The minimum Gasteiger partial charge on any atom is -0.383 e. The van der Waals surface area contributed by atoms with E-state index in [2.05, 4.69) is 9.88 Å². The monoisotopic (exact) mass is 468 g/mol. The Balaban J connectivity index is 1.55. The number of ether oxygens (including phenoxy) is 1. The second-order valence-electron chi connectivity index (χ2n) is 8.02. The molecule has 2 aromatic carbocycles. The minimum atomic E-state index is -0.533. The van der Waals surface area contributed by atoms with Gasteiger partial charge < -0.3 is 24.4 Å². The molecule has 1 aliphatic heterocycles. The molecule has 4 rings (SSSR count). The van der Waals surface area contributed by atoms with E-state index in [9.17, 15) is 18.4 Å². The Morgan fingerprint density at radius 1 is 1.06 bits per heavy atom. The Kier molecular flexibility index (Phi) is 7.22. The Labute approximate surface area is 196 Å². The van der Waals surface area contributed by atoms with Gasteiger partial charge in [-0.05, 0) is 48.0 Å². The summed E-state index contributed by atoms with van der Waals surface area (Å²) in [4.78, 5) is 29.4. The molecule has 0 spiro atoms. The van der Waals surface area contributed by atoms with E-state index in [4.69, 9.17) is 4.74 Å². The first-order valence-electron chi connectivity index (χ1n) is 11.0. The normalized spacial score (nSPS) is 15.0. The van der Waals surface area contributed by atoms with Gasteiger partial charge >= 0.3 is 6.03 Å². The quantitative estimate of drug-likeness (QED) is 0.572. The van der Waals surface area contributed by atoms with Crippen molar-refractivity contribution in [1.29, 1.82) is 0 Å². The molecule has 0 saturated heterocycles. The highest BCUT2D eigenvalue weighted by molar-refractivity contribution is 5.92. The Morgan fingerprint density at radius 3 is 2.59 bits per heavy atom. The van der Waals surface area contributed by atoms with E-state index < -0.39 is 17.9 Å². The molecule has 9 heteroatoms. The number of methoxy groups -OCH3 is 1. The second-order valence-corrected chi connectivity index (χ2v) is 8.02. The molecule has 1 atom stereocenters.